The van der Waals surface area contributed by atoms with E-state index in [1.807, 2.05) is 29.9 Å². The maximum absolute atomic E-state index is 6.28. The maximum atomic E-state index is 6.28. The number of hydrogen-bond donors (Lipinski definition) is 1. The molecule has 0 aliphatic heterocycles. The lowest BCUT2D eigenvalue weighted by molar-refractivity contribution is 0.478. The minimum atomic E-state index is -0.00194. The molecule has 20 heavy (non-hydrogen) atoms. The highest BCUT2D eigenvalue weighted by atomic mass is 35.5. The molecule has 1 N–H and O–H groups in total. The molecule has 0 spiro atoms. The van der Waals surface area contributed by atoms with Crippen molar-refractivity contribution in [1.29, 1.82) is 0 Å². The van der Waals surface area contributed by atoms with E-state index in [0.29, 0.717) is 16.5 Å². The lowest BCUT2D eigenvalue weighted by Gasteiger charge is -2.20. The lowest BCUT2D eigenvalue weighted by atomic mass is 10.0. The first-order valence-corrected chi connectivity index (χ1v) is 7.29. The average Bonchev–Trinajstić information content (AvgIpc) is 2.85. The first kappa shape index (κ1) is 15.3. The van der Waals surface area contributed by atoms with Crippen LogP contribution in [0.15, 0.2) is 24.5 Å². The van der Waals surface area contributed by atoms with Gasteiger partial charge in [0, 0.05) is 34.1 Å². The minimum Gasteiger partial charge on any atom is -0.313 e. The van der Waals surface area contributed by atoms with Crippen molar-refractivity contribution < 1.29 is 0 Å². The molecule has 0 amide bonds. The van der Waals surface area contributed by atoms with Crippen LogP contribution in [-0.2, 0) is 6.42 Å². The molecule has 108 valence electrons. The number of benzene rings is 1. The van der Waals surface area contributed by atoms with E-state index in [1.165, 1.54) is 0 Å². The van der Waals surface area contributed by atoms with E-state index in [2.05, 4.69) is 29.2 Å². The van der Waals surface area contributed by atoms with Crippen molar-refractivity contribution in [2.24, 2.45) is 0 Å². The third-order valence-electron chi connectivity index (χ3n) is 3.22. The summed E-state index contributed by atoms with van der Waals surface area (Å²) in [5.74, 6) is 0.912. The molecule has 1 unspecified atom stereocenters. The van der Waals surface area contributed by atoms with Crippen LogP contribution < -0.4 is 5.32 Å². The molecule has 1 heterocycles. The molecule has 0 aliphatic carbocycles. The van der Waals surface area contributed by atoms with Crippen molar-refractivity contribution >= 4 is 23.2 Å². The minimum absolute atomic E-state index is 0.00194. The van der Waals surface area contributed by atoms with Gasteiger partial charge in [-0.2, -0.15) is 5.10 Å². The van der Waals surface area contributed by atoms with E-state index >= 15 is 0 Å². The van der Waals surface area contributed by atoms with E-state index in [-0.39, 0.29) is 12.1 Å². The molecule has 1 aromatic heterocycles. The zero-order valence-corrected chi connectivity index (χ0v) is 13.3. The van der Waals surface area contributed by atoms with Crippen LogP contribution in [0.25, 0.3) is 0 Å². The summed E-state index contributed by atoms with van der Waals surface area (Å²) in [6.07, 6.45) is 2.26. The molecule has 0 radical (unpaired) electrons. The van der Waals surface area contributed by atoms with Crippen LogP contribution >= 0.6 is 23.2 Å². The molecule has 2 rings (SSSR count). The lowest BCUT2D eigenvalue weighted by Crippen LogP contribution is -2.22. The Morgan fingerprint density at radius 3 is 2.45 bits per heavy atom. The summed E-state index contributed by atoms with van der Waals surface area (Å²) < 4.78 is 1.91. The molecule has 4 nitrogen and oxygen atoms in total. The van der Waals surface area contributed by atoms with Crippen molar-refractivity contribution in [3.05, 3.63) is 46.0 Å². The molecule has 2 aromatic rings. The normalized spacial score (nSPS) is 12.9. The van der Waals surface area contributed by atoms with Gasteiger partial charge in [0.2, 0.25) is 0 Å². The van der Waals surface area contributed by atoms with Crippen molar-refractivity contribution in [3.8, 4) is 0 Å². The summed E-state index contributed by atoms with van der Waals surface area (Å²) in [5.41, 5.74) is 0.900. The van der Waals surface area contributed by atoms with E-state index in [1.54, 1.807) is 6.33 Å². The van der Waals surface area contributed by atoms with Crippen molar-refractivity contribution in [3.63, 3.8) is 0 Å². The number of likely N-dealkylation sites (N-methyl/N-ethyl adjacent to an activating group) is 1. The van der Waals surface area contributed by atoms with Gasteiger partial charge >= 0.3 is 0 Å². The van der Waals surface area contributed by atoms with E-state index in [9.17, 15) is 0 Å². The van der Waals surface area contributed by atoms with Crippen molar-refractivity contribution in [1.82, 2.24) is 20.1 Å². The predicted octanol–water partition coefficient (Wildman–Crippen LogP) is 3.67. The van der Waals surface area contributed by atoms with Gasteiger partial charge in [0.05, 0.1) is 0 Å². The van der Waals surface area contributed by atoms with E-state index in [4.69, 9.17) is 23.2 Å². The van der Waals surface area contributed by atoms with Crippen LogP contribution in [-0.4, -0.2) is 21.8 Å². The highest BCUT2D eigenvalue weighted by Gasteiger charge is 2.20. The summed E-state index contributed by atoms with van der Waals surface area (Å²) in [4.78, 5) is 4.34. The fourth-order valence-corrected chi connectivity index (χ4v) is 2.89. The third kappa shape index (κ3) is 3.14. The second-order valence-electron chi connectivity index (χ2n) is 4.90. The second kappa shape index (κ2) is 6.57. The van der Waals surface area contributed by atoms with Crippen LogP contribution in [0, 0.1) is 0 Å². The fourth-order valence-electron chi connectivity index (χ4n) is 2.23. The summed E-state index contributed by atoms with van der Waals surface area (Å²) in [5, 5.41) is 8.83. The molecule has 1 aromatic carbocycles. The molecule has 0 saturated heterocycles. The molecular weight excluding hydrogens is 295 g/mol. The number of rotatable bonds is 5. The third-order valence-corrected chi connectivity index (χ3v) is 3.88. The van der Waals surface area contributed by atoms with Gasteiger partial charge < -0.3 is 5.32 Å². The Hall–Kier alpha value is -1.10. The Morgan fingerprint density at radius 1 is 1.25 bits per heavy atom. The zero-order valence-electron chi connectivity index (χ0n) is 11.8. The molecule has 0 aliphatic rings. The number of nitrogens with zero attached hydrogens (tertiary/aromatic N) is 3. The van der Waals surface area contributed by atoms with Crippen LogP contribution in [0.1, 0.15) is 37.3 Å². The van der Waals surface area contributed by atoms with Crippen LogP contribution in [0.2, 0.25) is 10.0 Å². The molecule has 1 atom stereocenters. The van der Waals surface area contributed by atoms with Crippen LogP contribution in [0.3, 0.4) is 0 Å². The number of nitrogens with one attached hydrogen (secondary N) is 1. The first-order chi connectivity index (χ1) is 9.54. The fraction of sp³-hybridized carbons (Fsp3) is 0.429. The first-order valence-electron chi connectivity index (χ1n) is 6.54. The summed E-state index contributed by atoms with van der Waals surface area (Å²) in [6, 6.07) is 5.81. The van der Waals surface area contributed by atoms with Crippen LogP contribution in [0.5, 0.6) is 0 Å². The molecule has 0 saturated carbocycles. The number of hydrogen-bond acceptors (Lipinski definition) is 3. The molecule has 6 heteroatoms. The largest absolute Gasteiger partial charge is 0.313 e. The van der Waals surface area contributed by atoms with Crippen LogP contribution in [0.4, 0.5) is 0 Å². The Labute approximate surface area is 129 Å². The van der Waals surface area contributed by atoms with Gasteiger partial charge in [0.15, 0.2) is 0 Å². The SMILES string of the molecule is CNC(Cc1ncnn1C(C)C)c1c(Cl)cccc1Cl. The van der Waals surface area contributed by atoms with Gasteiger partial charge in [-0.05, 0) is 33.0 Å². The number of halogens is 2. The van der Waals surface area contributed by atoms with Gasteiger partial charge in [0.25, 0.3) is 0 Å². The maximum Gasteiger partial charge on any atom is 0.138 e. The summed E-state index contributed by atoms with van der Waals surface area (Å²) in [6.45, 7) is 4.16. The van der Waals surface area contributed by atoms with E-state index < -0.39 is 0 Å². The second-order valence-corrected chi connectivity index (χ2v) is 5.71. The van der Waals surface area contributed by atoms with Crippen molar-refractivity contribution in [2.45, 2.75) is 32.4 Å². The zero-order chi connectivity index (χ0) is 14.7. The predicted molar refractivity (Wildman–Crippen MR) is 82.4 cm³/mol. The topological polar surface area (TPSA) is 42.7 Å². The Balaban J connectivity index is 2.32. The summed E-state index contributed by atoms with van der Waals surface area (Å²) in [7, 11) is 1.89. The highest BCUT2D eigenvalue weighted by Crippen LogP contribution is 2.31. The molecule has 0 bridgehead atoms. The smallest absolute Gasteiger partial charge is 0.138 e. The average molecular weight is 313 g/mol. The van der Waals surface area contributed by atoms with Gasteiger partial charge in [-0.25, -0.2) is 9.67 Å². The van der Waals surface area contributed by atoms with E-state index in [0.717, 1.165) is 11.4 Å². The highest BCUT2D eigenvalue weighted by molar-refractivity contribution is 6.36. The Morgan fingerprint density at radius 2 is 1.90 bits per heavy atom. The van der Waals surface area contributed by atoms with Gasteiger partial charge in [-0.1, -0.05) is 29.3 Å². The Kier molecular flexibility index (Phi) is 5.02. The van der Waals surface area contributed by atoms with Crippen molar-refractivity contribution in [2.75, 3.05) is 7.05 Å². The molecular formula is C14H18Cl2N4. The van der Waals surface area contributed by atoms with Gasteiger partial charge in [-0.15, -0.1) is 0 Å². The monoisotopic (exact) mass is 312 g/mol. The molecule has 0 fully saturated rings. The Bertz CT molecular complexity index is 560. The van der Waals surface area contributed by atoms with Gasteiger partial charge in [-0.3, -0.25) is 0 Å². The van der Waals surface area contributed by atoms with Gasteiger partial charge in [0.1, 0.15) is 12.2 Å². The standard InChI is InChI=1S/C14H18Cl2N4/c1-9(2)20-13(18-8-19-20)7-12(17-3)14-10(15)5-4-6-11(14)16/h4-6,8-9,12,17H,7H2,1-3H3. The number of aromatic nitrogens is 3. The summed E-state index contributed by atoms with van der Waals surface area (Å²) >= 11 is 12.6. The quantitative estimate of drug-likeness (QED) is 0.916.